The normalized spacial score (nSPS) is 48.2. The van der Waals surface area contributed by atoms with E-state index in [-0.39, 0.29) is 6.10 Å². The third-order valence-electron chi connectivity index (χ3n) is 5.76. The van der Waals surface area contributed by atoms with E-state index < -0.39 is 0 Å². The molecule has 2 bridgehead atoms. The largest absolute Gasteiger partial charge is 0.391 e. The van der Waals surface area contributed by atoms with Crippen molar-refractivity contribution >= 4 is 0 Å². The van der Waals surface area contributed by atoms with E-state index in [9.17, 15) is 5.11 Å². The molecular formula is C14H24N2O2. The number of aliphatic hydroxyl groups excluding tert-OH is 1. The first-order valence-corrected chi connectivity index (χ1v) is 7.55. The van der Waals surface area contributed by atoms with Crippen LogP contribution in [0.5, 0.6) is 0 Å². The highest BCUT2D eigenvalue weighted by Gasteiger charge is 2.58. The van der Waals surface area contributed by atoms with Crippen LogP contribution in [0.1, 0.15) is 12.8 Å². The van der Waals surface area contributed by atoms with Gasteiger partial charge in [-0.05, 0) is 30.6 Å². The van der Waals surface area contributed by atoms with Crippen molar-refractivity contribution in [1.29, 1.82) is 0 Å². The van der Waals surface area contributed by atoms with Crippen LogP contribution < -0.4 is 0 Å². The lowest BCUT2D eigenvalue weighted by atomic mass is 9.88. The van der Waals surface area contributed by atoms with Crippen LogP contribution in [0.15, 0.2) is 0 Å². The quantitative estimate of drug-likeness (QED) is 0.768. The van der Waals surface area contributed by atoms with E-state index >= 15 is 0 Å². The van der Waals surface area contributed by atoms with Crippen LogP contribution in [-0.4, -0.2) is 73.0 Å². The van der Waals surface area contributed by atoms with E-state index in [2.05, 4.69) is 9.80 Å². The Bertz CT molecular complexity index is 317. The van der Waals surface area contributed by atoms with Crippen molar-refractivity contribution in [3.05, 3.63) is 0 Å². The van der Waals surface area contributed by atoms with Crippen LogP contribution in [-0.2, 0) is 4.74 Å². The summed E-state index contributed by atoms with van der Waals surface area (Å²) in [6.45, 7) is 7.47. The van der Waals surface area contributed by atoms with E-state index in [1.807, 2.05) is 0 Å². The Morgan fingerprint density at radius 2 is 1.89 bits per heavy atom. The van der Waals surface area contributed by atoms with Crippen molar-refractivity contribution in [3.63, 3.8) is 0 Å². The Morgan fingerprint density at radius 3 is 2.67 bits per heavy atom. The molecule has 2 aliphatic heterocycles. The molecule has 102 valence electrons. The van der Waals surface area contributed by atoms with Crippen LogP contribution in [0.3, 0.4) is 0 Å². The second-order valence-electron chi connectivity index (χ2n) is 6.59. The minimum atomic E-state index is -0.0292. The molecule has 0 aromatic rings. The summed E-state index contributed by atoms with van der Waals surface area (Å²) >= 11 is 0. The summed E-state index contributed by atoms with van der Waals surface area (Å²) in [5, 5.41) is 10.3. The van der Waals surface area contributed by atoms with Gasteiger partial charge in [-0.2, -0.15) is 0 Å². The highest BCUT2D eigenvalue weighted by molar-refractivity contribution is 5.10. The number of aliphatic hydroxyl groups is 1. The van der Waals surface area contributed by atoms with Gasteiger partial charge in [-0.1, -0.05) is 0 Å². The number of ether oxygens (including phenoxy) is 1. The zero-order valence-corrected chi connectivity index (χ0v) is 11.0. The number of fused-ring (bicyclic) bond motifs is 1. The van der Waals surface area contributed by atoms with Gasteiger partial charge < -0.3 is 9.84 Å². The average molecular weight is 252 g/mol. The Hall–Kier alpha value is -0.160. The Balaban J connectivity index is 1.35. The average Bonchev–Trinajstić information content (AvgIpc) is 2.99. The molecule has 4 rings (SSSR count). The van der Waals surface area contributed by atoms with Crippen molar-refractivity contribution < 1.29 is 9.84 Å². The second-order valence-corrected chi connectivity index (χ2v) is 6.59. The fraction of sp³-hybridized carbons (Fsp3) is 1.00. The van der Waals surface area contributed by atoms with Gasteiger partial charge in [0, 0.05) is 38.8 Å². The van der Waals surface area contributed by atoms with Gasteiger partial charge in [0.25, 0.3) is 0 Å². The Morgan fingerprint density at radius 1 is 1.06 bits per heavy atom. The lowest BCUT2D eigenvalue weighted by Crippen LogP contribution is -2.45. The van der Waals surface area contributed by atoms with E-state index in [0.717, 1.165) is 51.2 Å². The molecule has 5 unspecified atom stereocenters. The number of likely N-dealkylation sites (tertiary alicyclic amines) is 1. The molecule has 4 aliphatic rings. The molecule has 2 saturated heterocycles. The summed E-state index contributed by atoms with van der Waals surface area (Å²) in [5.41, 5.74) is 0. The fourth-order valence-corrected chi connectivity index (χ4v) is 4.89. The summed E-state index contributed by atoms with van der Waals surface area (Å²) in [5.74, 6) is 2.33. The topological polar surface area (TPSA) is 35.9 Å². The third kappa shape index (κ3) is 1.73. The maximum absolute atomic E-state index is 10.3. The molecule has 0 spiro atoms. The van der Waals surface area contributed by atoms with E-state index in [1.54, 1.807) is 0 Å². The zero-order chi connectivity index (χ0) is 12.1. The van der Waals surface area contributed by atoms with Gasteiger partial charge in [-0.3, -0.25) is 9.80 Å². The molecular weight excluding hydrogens is 228 g/mol. The van der Waals surface area contributed by atoms with Gasteiger partial charge in [0.1, 0.15) is 0 Å². The number of nitrogens with zero attached hydrogens (tertiary/aromatic N) is 2. The second kappa shape index (κ2) is 4.44. The van der Waals surface area contributed by atoms with Crippen LogP contribution >= 0.6 is 0 Å². The maximum atomic E-state index is 10.3. The van der Waals surface area contributed by atoms with E-state index in [4.69, 9.17) is 4.74 Å². The first-order valence-electron chi connectivity index (χ1n) is 7.55. The van der Waals surface area contributed by atoms with Crippen LogP contribution in [0, 0.1) is 17.8 Å². The lowest BCUT2D eigenvalue weighted by Gasteiger charge is -2.32. The Labute approximate surface area is 109 Å². The molecule has 0 aromatic carbocycles. The summed E-state index contributed by atoms with van der Waals surface area (Å²) in [6.07, 6.45) is 2.56. The number of hydrogen-bond acceptors (Lipinski definition) is 4. The minimum absolute atomic E-state index is 0.0292. The number of rotatable bonds is 3. The molecule has 4 fully saturated rings. The molecule has 4 nitrogen and oxygen atoms in total. The smallest absolute Gasteiger partial charge is 0.0726 e. The summed E-state index contributed by atoms with van der Waals surface area (Å²) in [6, 6.07) is 0.495. The van der Waals surface area contributed by atoms with Crippen LogP contribution in [0.4, 0.5) is 0 Å². The number of hydrogen-bond donors (Lipinski definition) is 1. The van der Waals surface area contributed by atoms with Crippen LogP contribution in [0.2, 0.25) is 0 Å². The lowest BCUT2D eigenvalue weighted by molar-refractivity contribution is 0.0219. The highest BCUT2D eigenvalue weighted by atomic mass is 16.5. The number of morpholine rings is 1. The van der Waals surface area contributed by atoms with Gasteiger partial charge >= 0.3 is 0 Å². The molecule has 1 N–H and O–H groups in total. The van der Waals surface area contributed by atoms with Gasteiger partial charge in [0.05, 0.1) is 19.3 Å². The monoisotopic (exact) mass is 252 g/mol. The van der Waals surface area contributed by atoms with Crippen molar-refractivity contribution in [2.24, 2.45) is 17.8 Å². The molecule has 2 saturated carbocycles. The first-order chi connectivity index (χ1) is 8.83. The standard InChI is InChI=1S/C14H24N2O2/c17-14-10-7-11-9-16(13(14)12(11)8-10)2-1-15-3-5-18-6-4-15/h10-14,17H,1-9H2. The molecule has 18 heavy (non-hydrogen) atoms. The van der Waals surface area contributed by atoms with E-state index in [0.29, 0.717) is 12.0 Å². The molecule has 2 heterocycles. The SMILES string of the molecule is OC1C2CC3CN(CCN4CCOCC4)C1C3C2. The zero-order valence-electron chi connectivity index (χ0n) is 11.0. The van der Waals surface area contributed by atoms with Crippen molar-refractivity contribution in [3.8, 4) is 0 Å². The maximum Gasteiger partial charge on any atom is 0.0726 e. The molecule has 4 heteroatoms. The summed E-state index contributed by atoms with van der Waals surface area (Å²) in [7, 11) is 0. The predicted molar refractivity (Wildman–Crippen MR) is 68.3 cm³/mol. The summed E-state index contributed by atoms with van der Waals surface area (Å²) < 4.78 is 5.39. The van der Waals surface area contributed by atoms with Crippen molar-refractivity contribution in [2.75, 3.05) is 45.9 Å². The fourth-order valence-electron chi connectivity index (χ4n) is 4.89. The van der Waals surface area contributed by atoms with Crippen molar-refractivity contribution in [1.82, 2.24) is 9.80 Å². The molecule has 0 aromatic heterocycles. The van der Waals surface area contributed by atoms with Gasteiger partial charge in [0.15, 0.2) is 0 Å². The molecule has 5 atom stereocenters. The Kier molecular flexibility index (Phi) is 2.87. The van der Waals surface area contributed by atoms with Gasteiger partial charge in [-0.15, -0.1) is 0 Å². The summed E-state index contributed by atoms with van der Waals surface area (Å²) in [4.78, 5) is 5.09. The first kappa shape index (κ1) is 11.6. The molecule has 0 amide bonds. The van der Waals surface area contributed by atoms with Gasteiger partial charge in [-0.25, -0.2) is 0 Å². The van der Waals surface area contributed by atoms with Crippen LogP contribution in [0.25, 0.3) is 0 Å². The predicted octanol–water partition coefficient (Wildman–Crippen LogP) is 0.0197. The molecule has 0 radical (unpaired) electrons. The molecule has 2 aliphatic carbocycles. The minimum Gasteiger partial charge on any atom is -0.391 e. The van der Waals surface area contributed by atoms with Crippen molar-refractivity contribution in [2.45, 2.75) is 25.0 Å². The highest BCUT2D eigenvalue weighted by Crippen LogP contribution is 2.54. The van der Waals surface area contributed by atoms with E-state index in [1.165, 1.54) is 19.4 Å². The van der Waals surface area contributed by atoms with Gasteiger partial charge in [0.2, 0.25) is 0 Å². The third-order valence-corrected chi connectivity index (χ3v) is 5.76.